The van der Waals surface area contributed by atoms with Gasteiger partial charge in [0.15, 0.2) is 5.03 Å². The molecule has 0 aliphatic heterocycles. The molecule has 0 amide bonds. The predicted octanol–water partition coefficient (Wildman–Crippen LogP) is 4.97. The third-order valence-electron chi connectivity index (χ3n) is 5.32. The number of sulfonamides is 1. The SMILES string of the molecule is CCc1cccc(-c2ccc(CC(NS(=O)(=O)c3ccccn3)c3ccccn3)cc2)c1. The Morgan fingerprint density at radius 2 is 1.53 bits per heavy atom. The van der Waals surface area contributed by atoms with Crippen molar-refractivity contribution in [3.63, 3.8) is 0 Å². The molecule has 4 aromatic rings. The fourth-order valence-electron chi connectivity index (χ4n) is 3.58. The van der Waals surface area contributed by atoms with Crippen LogP contribution in [0.15, 0.2) is 102 Å². The first-order valence-corrected chi connectivity index (χ1v) is 12.1. The summed E-state index contributed by atoms with van der Waals surface area (Å²) in [6.07, 6.45) is 4.60. The fourth-order valence-corrected chi connectivity index (χ4v) is 4.74. The normalized spacial score (nSPS) is 12.4. The molecule has 162 valence electrons. The number of aryl methyl sites for hydroxylation is 1. The first kappa shape index (κ1) is 21.9. The van der Waals surface area contributed by atoms with Gasteiger partial charge in [0, 0.05) is 12.4 Å². The van der Waals surface area contributed by atoms with E-state index < -0.39 is 16.1 Å². The standard InChI is InChI=1S/C26H25N3O2S/c1-2-20-8-7-9-23(18-20)22-14-12-21(13-15-22)19-25(24-10-3-5-16-27-24)29-32(30,31)26-11-4-6-17-28-26/h3-18,25,29H,2,19H2,1H3. The third kappa shape index (κ3) is 5.28. The molecule has 0 aliphatic rings. The Bertz CT molecular complexity index is 1260. The van der Waals surface area contributed by atoms with E-state index in [0.717, 1.165) is 17.5 Å². The van der Waals surface area contributed by atoms with Crippen molar-refractivity contribution < 1.29 is 8.42 Å². The molecule has 2 aromatic heterocycles. The van der Waals surface area contributed by atoms with Crippen molar-refractivity contribution in [3.05, 3.63) is 114 Å². The summed E-state index contributed by atoms with van der Waals surface area (Å²) in [7, 11) is -3.79. The van der Waals surface area contributed by atoms with Crippen LogP contribution in [0.5, 0.6) is 0 Å². The highest BCUT2D eigenvalue weighted by molar-refractivity contribution is 7.89. The number of nitrogens with one attached hydrogen (secondary N) is 1. The molecule has 0 saturated heterocycles. The topological polar surface area (TPSA) is 72.0 Å². The number of aromatic nitrogens is 2. The molecule has 4 rings (SSSR count). The molecular weight excluding hydrogens is 418 g/mol. The molecule has 6 heteroatoms. The minimum absolute atomic E-state index is 0.00733. The molecule has 0 bridgehead atoms. The third-order valence-corrected chi connectivity index (χ3v) is 6.70. The van der Waals surface area contributed by atoms with Crippen molar-refractivity contribution in [1.29, 1.82) is 0 Å². The van der Waals surface area contributed by atoms with Gasteiger partial charge in [0.25, 0.3) is 10.0 Å². The first-order valence-electron chi connectivity index (χ1n) is 10.6. The molecule has 0 spiro atoms. The number of nitrogens with zero attached hydrogens (tertiary/aromatic N) is 2. The van der Waals surface area contributed by atoms with E-state index in [0.29, 0.717) is 12.1 Å². The van der Waals surface area contributed by atoms with Gasteiger partial charge in [0.1, 0.15) is 0 Å². The van der Waals surface area contributed by atoms with Crippen LogP contribution in [0.2, 0.25) is 0 Å². The molecule has 1 N–H and O–H groups in total. The second-order valence-electron chi connectivity index (χ2n) is 7.55. The number of pyridine rings is 2. The van der Waals surface area contributed by atoms with Gasteiger partial charge in [0.2, 0.25) is 0 Å². The molecule has 0 fully saturated rings. The monoisotopic (exact) mass is 443 g/mol. The highest BCUT2D eigenvalue weighted by Gasteiger charge is 2.23. The van der Waals surface area contributed by atoms with Crippen molar-refractivity contribution in [3.8, 4) is 11.1 Å². The van der Waals surface area contributed by atoms with Crippen LogP contribution >= 0.6 is 0 Å². The Morgan fingerprint density at radius 3 is 2.19 bits per heavy atom. The van der Waals surface area contributed by atoms with Gasteiger partial charge in [-0.2, -0.15) is 0 Å². The van der Waals surface area contributed by atoms with Crippen molar-refractivity contribution in [2.45, 2.75) is 30.8 Å². The summed E-state index contributed by atoms with van der Waals surface area (Å²) in [6.45, 7) is 2.14. The van der Waals surface area contributed by atoms with Gasteiger partial charge in [-0.15, -0.1) is 0 Å². The average molecular weight is 444 g/mol. The summed E-state index contributed by atoms with van der Waals surface area (Å²) in [6, 6.07) is 26.5. The summed E-state index contributed by atoms with van der Waals surface area (Å²) >= 11 is 0. The van der Waals surface area contributed by atoms with Gasteiger partial charge < -0.3 is 0 Å². The molecular formula is C26H25N3O2S. The maximum Gasteiger partial charge on any atom is 0.258 e. The number of benzene rings is 2. The van der Waals surface area contributed by atoms with E-state index in [1.54, 1.807) is 18.3 Å². The summed E-state index contributed by atoms with van der Waals surface area (Å²) in [5.74, 6) is 0. The van der Waals surface area contributed by atoms with E-state index in [9.17, 15) is 8.42 Å². The molecule has 1 unspecified atom stereocenters. The first-order chi connectivity index (χ1) is 15.5. The lowest BCUT2D eigenvalue weighted by molar-refractivity contribution is 0.546. The molecule has 0 saturated carbocycles. The maximum atomic E-state index is 12.9. The Labute approximate surface area is 189 Å². The molecule has 2 aromatic carbocycles. The Kier molecular flexibility index (Phi) is 6.73. The quantitative estimate of drug-likeness (QED) is 0.417. The highest BCUT2D eigenvalue weighted by Crippen LogP contribution is 2.24. The summed E-state index contributed by atoms with van der Waals surface area (Å²) in [5.41, 5.74) is 5.28. The minimum Gasteiger partial charge on any atom is -0.260 e. The summed E-state index contributed by atoms with van der Waals surface area (Å²) in [5, 5.41) is -0.00733. The zero-order valence-electron chi connectivity index (χ0n) is 17.8. The Hall–Kier alpha value is -3.35. The van der Waals surface area contributed by atoms with Gasteiger partial charge in [0.05, 0.1) is 11.7 Å². The van der Waals surface area contributed by atoms with E-state index in [4.69, 9.17) is 0 Å². The van der Waals surface area contributed by atoms with Crippen LogP contribution in [-0.4, -0.2) is 18.4 Å². The van der Waals surface area contributed by atoms with Crippen LogP contribution in [-0.2, 0) is 22.9 Å². The van der Waals surface area contributed by atoms with E-state index in [1.165, 1.54) is 23.4 Å². The molecule has 0 aliphatic carbocycles. The van der Waals surface area contributed by atoms with Crippen LogP contribution < -0.4 is 4.72 Å². The second-order valence-corrected chi connectivity index (χ2v) is 9.21. The van der Waals surface area contributed by atoms with Crippen LogP contribution in [0.3, 0.4) is 0 Å². The Morgan fingerprint density at radius 1 is 0.781 bits per heavy atom. The van der Waals surface area contributed by atoms with E-state index in [2.05, 4.69) is 58.0 Å². The number of hydrogen-bond acceptors (Lipinski definition) is 4. The average Bonchev–Trinajstić information content (AvgIpc) is 2.85. The molecule has 2 heterocycles. The van der Waals surface area contributed by atoms with Crippen molar-refractivity contribution in [2.24, 2.45) is 0 Å². The molecule has 0 radical (unpaired) electrons. The van der Waals surface area contributed by atoms with Crippen LogP contribution in [0.25, 0.3) is 11.1 Å². The molecule has 1 atom stereocenters. The lowest BCUT2D eigenvalue weighted by atomic mass is 9.98. The van der Waals surface area contributed by atoms with Crippen molar-refractivity contribution in [1.82, 2.24) is 14.7 Å². The van der Waals surface area contributed by atoms with Gasteiger partial charge in [-0.25, -0.2) is 18.1 Å². The van der Waals surface area contributed by atoms with Gasteiger partial charge in [-0.3, -0.25) is 4.98 Å². The van der Waals surface area contributed by atoms with E-state index in [1.807, 2.05) is 30.3 Å². The van der Waals surface area contributed by atoms with Gasteiger partial charge in [-0.05, 0) is 59.4 Å². The minimum atomic E-state index is -3.79. The van der Waals surface area contributed by atoms with Crippen molar-refractivity contribution >= 4 is 10.0 Å². The fraction of sp³-hybridized carbons (Fsp3) is 0.154. The highest BCUT2D eigenvalue weighted by atomic mass is 32.2. The Balaban J connectivity index is 1.59. The smallest absolute Gasteiger partial charge is 0.258 e. The second kappa shape index (κ2) is 9.85. The summed E-state index contributed by atoms with van der Waals surface area (Å²) < 4.78 is 28.6. The van der Waals surface area contributed by atoms with Crippen LogP contribution in [0, 0.1) is 0 Å². The zero-order chi connectivity index (χ0) is 22.4. The maximum absolute atomic E-state index is 12.9. The van der Waals surface area contributed by atoms with E-state index >= 15 is 0 Å². The lowest BCUT2D eigenvalue weighted by Crippen LogP contribution is -2.31. The van der Waals surface area contributed by atoms with E-state index in [-0.39, 0.29) is 5.03 Å². The zero-order valence-corrected chi connectivity index (χ0v) is 18.7. The molecule has 5 nitrogen and oxygen atoms in total. The van der Waals surface area contributed by atoms with Gasteiger partial charge in [-0.1, -0.05) is 67.6 Å². The molecule has 32 heavy (non-hydrogen) atoms. The predicted molar refractivity (Wildman–Crippen MR) is 126 cm³/mol. The summed E-state index contributed by atoms with van der Waals surface area (Å²) in [4.78, 5) is 8.38. The largest absolute Gasteiger partial charge is 0.260 e. The number of rotatable bonds is 8. The van der Waals surface area contributed by atoms with Crippen LogP contribution in [0.1, 0.15) is 29.8 Å². The van der Waals surface area contributed by atoms with Crippen LogP contribution in [0.4, 0.5) is 0 Å². The number of hydrogen-bond donors (Lipinski definition) is 1. The lowest BCUT2D eigenvalue weighted by Gasteiger charge is -2.18. The van der Waals surface area contributed by atoms with Gasteiger partial charge >= 0.3 is 0 Å². The van der Waals surface area contributed by atoms with Crippen molar-refractivity contribution in [2.75, 3.05) is 0 Å².